The van der Waals surface area contributed by atoms with Gasteiger partial charge in [0.05, 0.1) is 0 Å². The molecule has 7 heteroatoms. The first-order chi connectivity index (χ1) is 11.3. The molecule has 0 spiro atoms. The van der Waals surface area contributed by atoms with Gasteiger partial charge in [-0.15, -0.1) is 23.7 Å². The number of carbonyl (C=O) groups excluding carboxylic acids is 1. The minimum absolute atomic E-state index is 0. The number of rotatable bonds is 7. The maximum atomic E-state index is 11.9. The van der Waals surface area contributed by atoms with Gasteiger partial charge < -0.3 is 15.4 Å². The van der Waals surface area contributed by atoms with Crippen LogP contribution in [0.1, 0.15) is 31.2 Å². The van der Waals surface area contributed by atoms with E-state index in [1.54, 1.807) is 23.5 Å². The number of ether oxygens (including phenoxy) is 1. The third-order valence-electron chi connectivity index (χ3n) is 3.09. The summed E-state index contributed by atoms with van der Waals surface area (Å²) in [5.74, 6) is 0.525. The van der Waals surface area contributed by atoms with Gasteiger partial charge in [-0.2, -0.15) is 0 Å². The molecule has 0 aliphatic heterocycles. The van der Waals surface area contributed by atoms with Crippen LogP contribution in [0.3, 0.4) is 0 Å². The topological polar surface area (TPSA) is 50.4 Å². The smallest absolute Gasteiger partial charge is 0.258 e. The van der Waals surface area contributed by atoms with Crippen molar-refractivity contribution >= 4 is 41.3 Å². The average molecular weight is 403 g/mol. The predicted molar refractivity (Wildman–Crippen MR) is 107 cm³/mol. The fraction of sp³-hybridized carbons (Fsp3) is 0.389. The second kappa shape index (κ2) is 10.0. The second-order valence-corrected chi connectivity index (χ2v) is 7.99. The first-order valence-electron chi connectivity index (χ1n) is 7.79. The molecular weight excluding hydrogens is 379 g/mol. The van der Waals surface area contributed by atoms with Crippen LogP contribution >= 0.6 is 35.3 Å². The third-order valence-corrected chi connectivity index (χ3v) is 4.20. The maximum absolute atomic E-state index is 11.9. The van der Waals surface area contributed by atoms with Crippen molar-refractivity contribution in [2.45, 2.75) is 39.4 Å². The third kappa shape index (κ3) is 8.10. The van der Waals surface area contributed by atoms with Crippen molar-refractivity contribution in [3.05, 3.63) is 51.2 Å². The molecule has 0 radical (unpaired) electrons. The number of hydrogen-bond donors (Lipinski definition) is 2. The van der Waals surface area contributed by atoms with Gasteiger partial charge in [0.15, 0.2) is 6.61 Å². The van der Waals surface area contributed by atoms with Crippen LogP contribution in [0.2, 0.25) is 5.02 Å². The molecule has 0 unspecified atom stereocenters. The molecule has 2 rings (SSSR count). The van der Waals surface area contributed by atoms with E-state index in [4.69, 9.17) is 16.3 Å². The van der Waals surface area contributed by atoms with Crippen LogP contribution in [-0.2, 0) is 17.9 Å². The Morgan fingerprint density at radius 1 is 1.24 bits per heavy atom. The molecule has 4 nitrogen and oxygen atoms in total. The lowest BCUT2D eigenvalue weighted by Crippen LogP contribution is -2.43. The number of carbonyl (C=O) groups is 1. The van der Waals surface area contributed by atoms with Gasteiger partial charge in [-0.25, -0.2) is 0 Å². The van der Waals surface area contributed by atoms with E-state index < -0.39 is 0 Å². The highest BCUT2D eigenvalue weighted by Crippen LogP contribution is 2.23. The second-order valence-electron chi connectivity index (χ2n) is 6.52. The van der Waals surface area contributed by atoms with Crippen LogP contribution in [0.15, 0.2) is 35.7 Å². The number of nitrogens with one attached hydrogen (secondary N) is 2. The molecule has 1 aromatic carbocycles. The van der Waals surface area contributed by atoms with Crippen LogP contribution in [0.4, 0.5) is 0 Å². The summed E-state index contributed by atoms with van der Waals surface area (Å²) in [4.78, 5) is 13.2. The van der Waals surface area contributed by atoms with Gasteiger partial charge in [-0.05, 0) is 50.4 Å². The van der Waals surface area contributed by atoms with E-state index in [2.05, 4.69) is 22.1 Å². The van der Waals surface area contributed by atoms with Crippen molar-refractivity contribution in [3.8, 4) is 5.75 Å². The highest BCUT2D eigenvalue weighted by Gasteiger charge is 2.14. The summed E-state index contributed by atoms with van der Waals surface area (Å²) in [5.41, 5.74) is 0.661. The zero-order chi connectivity index (χ0) is 17.6. The zero-order valence-corrected chi connectivity index (χ0v) is 17.0. The fourth-order valence-electron chi connectivity index (χ4n) is 2.16. The molecule has 0 aliphatic carbocycles. The molecule has 0 aliphatic rings. The lowest BCUT2D eigenvalue weighted by Gasteiger charge is -2.21. The average Bonchev–Trinajstić information content (AvgIpc) is 2.98. The lowest BCUT2D eigenvalue weighted by atomic mass is 10.1. The van der Waals surface area contributed by atoms with Crippen LogP contribution in [0.5, 0.6) is 5.75 Å². The molecule has 138 valence electrons. The van der Waals surface area contributed by atoms with E-state index in [9.17, 15) is 4.79 Å². The molecule has 0 fully saturated rings. The van der Waals surface area contributed by atoms with E-state index in [-0.39, 0.29) is 30.5 Å². The van der Waals surface area contributed by atoms with Gasteiger partial charge in [0.25, 0.3) is 5.91 Å². The van der Waals surface area contributed by atoms with Crippen molar-refractivity contribution in [2.75, 3.05) is 6.61 Å². The largest absolute Gasteiger partial charge is 0.483 e. The minimum Gasteiger partial charge on any atom is -0.483 e. The molecule has 2 aromatic rings. The van der Waals surface area contributed by atoms with Crippen LogP contribution in [-0.4, -0.2) is 18.1 Å². The maximum Gasteiger partial charge on any atom is 0.258 e. The van der Waals surface area contributed by atoms with Crippen molar-refractivity contribution < 1.29 is 9.53 Å². The number of hydrogen-bond acceptors (Lipinski definition) is 4. The Morgan fingerprint density at radius 3 is 2.64 bits per heavy atom. The predicted octanol–water partition coefficient (Wildman–Crippen LogP) is 4.41. The standard InChI is InChI=1S/C18H23ClN2O2S.ClH/c1-18(2,3)21-17(22)12-23-16-7-6-14(19)9-13(16)10-20-11-15-5-4-8-24-15;/h4-9,20H,10-12H2,1-3H3,(H,21,22);1H. The van der Waals surface area contributed by atoms with Gasteiger partial charge >= 0.3 is 0 Å². The molecule has 0 saturated carbocycles. The SMILES string of the molecule is CC(C)(C)NC(=O)COc1ccc(Cl)cc1CNCc1cccs1.Cl. The Hall–Kier alpha value is -1.27. The first kappa shape index (κ1) is 21.8. The summed E-state index contributed by atoms with van der Waals surface area (Å²) in [6.45, 7) is 7.20. The Balaban J connectivity index is 0.00000312. The van der Waals surface area contributed by atoms with Gasteiger partial charge in [0.1, 0.15) is 5.75 Å². The number of amides is 1. The van der Waals surface area contributed by atoms with Crippen molar-refractivity contribution in [3.63, 3.8) is 0 Å². The summed E-state index contributed by atoms with van der Waals surface area (Å²) in [6, 6.07) is 9.55. The number of thiophene rings is 1. The van der Waals surface area contributed by atoms with Crippen LogP contribution in [0.25, 0.3) is 0 Å². The molecule has 2 N–H and O–H groups in total. The fourth-order valence-corrected chi connectivity index (χ4v) is 3.03. The van der Waals surface area contributed by atoms with E-state index in [0.717, 1.165) is 12.1 Å². The quantitative estimate of drug-likeness (QED) is 0.720. The number of halogens is 2. The Kier molecular flexibility index (Phi) is 8.73. The van der Waals surface area contributed by atoms with Gasteiger partial charge in [-0.1, -0.05) is 17.7 Å². The molecule has 0 saturated heterocycles. The lowest BCUT2D eigenvalue weighted by molar-refractivity contribution is -0.124. The van der Waals surface area contributed by atoms with Gasteiger partial charge in [0.2, 0.25) is 0 Å². The van der Waals surface area contributed by atoms with Crippen molar-refractivity contribution in [2.24, 2.45) is 0 Å². The summed E-state index contributed by atoms with van der Waals surface area (Å²) in [6.07, 6.45) is 0. The monoisotopic (exact) mass is 402 g/mol. The summed E-state index contributed by atoms with van der Waals surface area (Å²) in [5, 5.41) is 8.95. The normalized spacial score (nSPS) is 10.9. The van der Waals surface area contributed by atoms with E-state index in [1.165, 1.54) is 4.88 Å². The molecular formula is C18H24Cl2N2O2S. The Morgan fingerprint density at radius 2 is 2.00 bits per heavy atom. The molecule has 1 heterocycles. The minimum atomic E-state index is -0.272. The van der Waals surface area contributed by atoms with E-state index >= 15 is 0 Å². The highest BCUT2D eigenvalue weighted by atomic mass is 35.5. The molecule has 25 heavy (non-hydrogen) atoms. The molecule has 0 bridgehead atoms. The summed E-state index contributed by atoms with van der Waals surface area (Å²) < 4.78 is 5.68. The van der Waals surface area contributed by atoms with Crippen molar-refractivity contribution in [1.29, 1.82) is 0 Å². The Bertz CT molecular complexity index is 670. The molecule has 1 aromatic heterocycles. The van der Waals surface area contributed by atoms with Gasteiger partial charge in [-0.3, -0.25) is 4.79 Å². The van der Waals surface area contributed by atoms with Crippen LogP contribution in [0, 0.1) is 0 Å². The highest BCUT2D eigenvalue weighted by molar-refractivity contribution is 7.09. The van der Waals surface area contributed by atoms with E-state index in [0.29, 0.717) is 17.3 Å². The number of benzene rings is 1. The first-order valence-corrected chi connectivity index (χ1v) is 9.04. The van der Waals surface area contributed by atoms with E-state index in [1.807, 2.05) is 32.9 Å². The zero-order valence-electron chi connectivity index (χ0n) is 14.6. The molecule has 0 atom stereocenters. The van der Waals surface area contributed by atoms with Crippen molar-refractivity contribution in [1.82, 2.24) is 10.6 Å². The van der Waals surface area contributed by atoms with Crippen LogP contribution < -0.4 is 15.4 Å². The molecule has 1 amide bonds. The summed E-state index contributed by atoms with van der Waals surface area (Å²) >= 11 is 7.80. The van der Waals surface area contributed by atoms with Gasteiger partial charge in [0, 0.05) is 34.1 Å². The summed E-state index contributed by atoms with van der Waals surface area (Å²) in [7, 11) is 0. The Labute approximate surface area is 164 Å².